The molecule has 3 unspecified atom stereocenters. The van der Waals surface area contributed by atoms with Crippen LogP contribution in [0.5, 0.6) is 0 Å². The molecule has 2 N–H and O–H groups in total. The smallest absolute Gasteiger partial charge is 0.191 e. The van der Waals surface area contributed by atoms with Crippen molar-refractivity contribution in [3.63, 3.8) is 0 Å². The van der Waals surface area contributed by atoms with E-state index in [2.05, 4.69) is 20.6 Å². The highest BCUT2D eigenvalue weighted by molar-refractivity contribution is 6.29. The van der Waals surface area contributed by atoms with E-state index in [4.69, 9.17) is 16.3 Å². The van der Waals surface area contributed by atoms with Crippen LogP contribution in [0.3, 0.4) is 0 Å². The van der Waals surface area contributed by atoms with Crippen LogP contribution in [0, 0.1) is 11.3 Å². The Morgan fingerprint density at radius 3 is 2.96 bits per heavy atom. The molecule has 5 nitrogen and oxygen atoms in total. The molecule has 0 radical (unpaired) electrons. The van der Waals surface area contributed by atoms with Crippen molar-refractivity contribution in [1.82, 2.24) is 15.6 Å². The fourth-order valence-electron chi connectivity index (χ4n) is 5.13. The first kappa shape index (κ1) is 17.1. The summed E-state index contributed by atoms with van der Waals surface area (Å²) >= 11 is 5.84. The second-order valence-electron chi connectivity index (χ2n) is 7.54. The van der Waals surface area contributed by atoms with Crippen LogP contribution in [0.15, 0.2) is 23.3 Å². The molecule has 0 amide bonds. The molecular formula is C19H27ClN4O. The van der Waals surface area contributed by atoms with Gasteiger partial charge in [0.2, 0.25) is 0 Å². The van der Waals surface area contributed by atoms with E-state index < -0.39 is 0 Å². The van der Waals surface area contributed by atoms with E-state index in [0.717, 1.165) is 25.5 Å². The number of ether oxygens (including phenoxy) is 1. The molecule has 2 aliphatic carbocycles. The molecular weight excluding hydrogens is 336 g/mol. The molecule has 1 aliphatic heterocycles. The number of pyridine rings is 1. The lowest BCUT2D eigenvalue weighted by atomic mass is 9.54. The number of aliphatic imine (C=N–C) groups is 1. The van der Waals surface area contributed by atoms with Crippen molar-refractivity contribution in [1.29, 1.82) is 0 Å². The molecule has 3 fully saturated rings. The minimum absolute atomic E-state index is 0.346. The van der Waals surface area contributed by atoms with Crippen LogP contribution in [-0.2, 0) is 11.2 Å². The lowest BCUT2D eigenvalue weighted by Gasteiger charge is -2.57. The minimum atomic E-state index is 0.346. The van der Waals surface area contributed by atoms with Crippen LogP contribution in [0.2, 0.25) is 5.15 Å². The zero-order valence-electron chi connectivity index (χ0n) is 14.8. The Bertz CT molecular complexity index is 627. The molecule has 25 heavy (non-hydrogen) atoms. The van der Waals surface area contributed by atoms with Crippen LogP contribution >= 0.6 is 11.6 Å². The van der Waals surface area contributed by atoms with Crippen molar-refractivity contribution < 1.29 is 4.74 Å². The molecule has 136 valence electrons. The van der Waals surface area contributed by atoms with Crippen LogP contribution in [0.4, 0.5) is 0 Å². The highest BCUT2D eigenvalue weighted by Gasteiger charge is 2.65. The monoisotopic (exact) mass is 362 g/mol. The Hall–Kier alpha value is -1.33. The number of nitrogens with one attached hydrogen (secondary N) is 2. The molecule has 6 heteroatoms. The second-order valence-corrected chi connectivity index (χ2v) is 7.93. The third kappa shape index (κ3) is 3.13. The van der Waals surface area contributed by atoms with Crippen LogP contribution in [0.1, 0.15) is 37.7 Å². The maximum absolute atomic E-state index is 6.07. The Morgan fingerprint density at radius 2 is 2.24 bits per heavy atom. The Morgan fingerprint density at radius 1 is 1.40 bits per heavy atom. The van der Waals surface area contributed by atoms with Gasteiger partial charge in [0.1, 0.15) is 5.15 Å². The standard InChI is InChI=1S/C19H27ClN4O/c1-21-18(22-10-6-13-4-5-15(20)23-12-13)24-16-14-7-11-25-17(14)19(16)8-2-3-9-19/h4-5,12,14,16-17H,2-3,6-11H2,1H3,(H2,21,22,24). The largest absolute Gasteiger partial charge is 0.377 e. The zero-order chi connectivity index (χ0) is 17.3. The highest BCUT2D eigenvalue weighted by Crippen LogP contribution is 2.60. The maximum atomic E-state index is 6.07. The number of nitrogens with zero attached hydrogens (tertiary/aromatic N) is 2. The fraction of sp³-hybridized carbons (Fsp3) is 0.684. The third-order valence-corrected chi connectivity index (χ3v) is 6.52. The summed E-state index contributed by atoms with van der Waals surface area (Å²) in [5, 5.41) is 7.72. The Kier molecular flexibility index (Phi) is 4.87. The predicted octanol–water partition coefficient (Wildman–Crippen LogP) is 2.79. The van der Waals surface area contributed by atoms with E-state index in [1.807, 2.05) is 25.4 Å². The van der Waals surface area contributed by atoms with Gasteiger partial charge < -0.3 is 15.4 Å². The Labute approximate surface area is 154 Å². The number of fused-ring (bicyclic) bond motifs is 2. The molecule has 3 aliphatic rings. The first-order chi connectivity index (χ1) is 12.2. The lowest BCUT2D eigenvalue weighted by molar-refractivity contribution is -0.125. The molecule has 1 saturated heterocycles. The van der Waals surface area contributed by atoms with E-state index >= 15 is 0 Å². The molecule has 0 aromatic carbocycles. The summed E-state index contributed by atoms with van der Waals surface area (Å²) in [5.41, 5.74) is 1.52. The minimum Gasteiger partial charge on any atom is -0.377 e. The van der Waals surface area contributed by atoms with Gasteiger partial charge in [-0.3, -0.25) is 4.99 Å². The van der Waals surface area contributed by atoms with Gasteiger partial charge in [-0.25, -0.2) is 4.98 Å². The van der Waals surface area contributed by atoms with Gasteiger partial charge in [-0.15, -0.1) is 0 Å². The van der Waals surface area contributed by atoms with Crippen molar-refractivity contribution in [2.75, 3.05) is 20.2 Å². The van der Waals surface area contributed by atoms with Gasteiger partial charge in [0.15, 0.2) is 5.96 Å². The number of hydrogen-bond acceptors (Lipinski definition) is 3. The molecule has 2 saturated carbocycles. The molecule has 3 atom stereocenters. The van der Waals surface area contributed by atoms with Crippen molar-refractivity contribution in [3.05, 3.63) is 29.0 Å². The molecule has 0 bridgehead atoms. The van der Waals surface area contributed by atoms with Crippen molar-refractivity contribution in [2.45, 2.75) is 50.7 Å². The number of aromatic nitrogens is 1. The molecule has 4 rings (SSSR count). The van der Waals surface area contributed by atoms with E-state index in [1.165, 1.54) is 37.7 Å². The van der Waals surface area contributed by atoms with Gasteiger partial charge in [0, 0.05) is 43.8 Å². The lowest BCUT2D eigenvalue weighted by Crippen LogP contribution is -2.69. The van der Waals surface area contributed by atoms with E-state index in [9.17, 15) is 0 Å². The summed E-state index contributed by atoms with van der Waals surface area (Å²) in [6.07, 6.45) is 9.64. The topological polar surface area (TPSA) is 58.5 Å². The summed E-state index contributed by atoms with van der Waals surface area (Å²) in [5.74, 6) is 1.56. The molecule has 1 aromatic heterocycles. The summed E-state index contributed by atoms with van der Waals surface area (Å²) in [4.78, 5) is 8.57. The fourth-order valence-corrected chi connectivity index (χ4v) is 5.24. The first-order valence-corrected chi connectivity index (χ1v) is 9.80. The van der Waals surface area contributed by atoms with Gasteiger partial charge in [-0.1, -0.05) is 30.5 Å². The van der Waals surface area contributed by atoms with Crippen molar-refractivity contribution >= 4 is 17.6 Å². The normalized spacial score (nSPS) is 30.2. The molecule has 1 aromatic rings. The summed E-state index contributed by atoms with van der Waals surface area (Å²) < 4.78 is 6.07. The second kappa shape index (κ2) is 7.12. The molecule has 1 spiro atoms. The zero-order valence-corrected chi connectivity index (χ0v) is 15.6. The number of hydrogen-bond donors (Lipinski definition) is 2. The van der Waals surface area contributed by atoms with Gasteiger partial charge in [0.25, 0.3) is 0 Å². The number of halogens is 1. The first-order valence-electron chi connectivity index (χ1n) is 9.42. The van der Waals surface area contributed by atoms with Crippen molar-refractivity contribution in [2.24, 2.45) is 16.3 Å². The summed E-state index contributed by atoms with van der Waals surface area (Å²) in [7, 11) is 1.85. The summed E-state index contributed by atoms with van der Waals surface area (Å²) in [6, 6.07) is 4.36. The maximum Gasteiger partial charge on any atom is 0.191 e. The average Bonchev–Trinajstić information content (AvgIpc) is 3.28. The predicted molar refractivity (Wildman–Crippen MR) is 100.0 cm³/mol. The van der Waals surface area contributed by atoms with Crippen LogP contribution < -0.4 is 10.6 Å². The molecule has 2 heterocycles. The van der Waals surface area contributed by atoms with Crippen LogP contribution in [0.25, 0.3) is 0 Å². The van der Waals surface area contributed by atoms with E-state index in [1.54, 1.807) is 0 Å². The van der Waals surface area contributed by atoms with Gasteiger partial charge >= 0.3 is 0 Å². The third-order valence-electron chi connectivity index (χ3n) is 6.30. The van der Waals surface area contributed by atoms with Crippen LogP contribution in [-0.4, -0.2) is 43.3 Å². The quantitative estimate of drug-likeness (QED) is 0.491. The van der Waals surface area contributed by atoms with E-state index in [0.29, 0.717) is 28.6 Å². The van der Waals surface area contributed by atoms with Gasteiger partial charge in [0.05, 0.1) is 6.10 Å². The Balaban J connectivity index is 1.33. The van der Waals surface area contributed by atoms with E-state index in [-0.39, 0.29) is 0 Å². The number of guanidine groups is 1. The number of rotatable bonds is 4. The highest BCUT2D eigenvalue weighted by atomic mass is 35.5. The van der Waals surface area contributed by atoms with Gasteiger partial charge in [-0.05, 0) is 37.3 Å². The van der Waals surface area contributed by atoms with Crippen molar-refractivity contribution in [3.8, 4) is 0 Å². The average molecular weight is 363 g/mol. The summed E-state index contributed by atoms with van der Waals surface area (Å²) in [6.45, 7) is 1.75. The SMILES string of the molecule is CN=C(NCCc1ccc(Cl)nc1)NC1C2CCOC2C12CCCC2. The van der Waals surface area contributed by atoms with Gasteiger partial charge in [-0.2, -0.15) is 0 Å².